The molecular formula is C23H27Cl2N3O3S. The van der Waals surface area contributed by atoms with E-state index in [9.17, 15) is 13.2 Å². The molecule has 172 valence electrons. The Balaban J connectivity index is 1.28. The standard InChI is InChI=1S/C23H27Cl2N3O3S/c24-20-4-1-3-18(15-20)17-32(30,31)28-9-7-19(8-10-28)23(29)27-13-11-26(12-14-27)22-6-2-5-21(25)16-22/h1-6,15-16,19H,7-14,17H2. The first-order valence-electron chi connectivity index (χ1n) is 10.8. The third kappa shape index (κ3) is 5.57. The van der Waals surface area contributed by atoms with E-state index in [1.807, 2.05) is 29.2 Å². The van der Waals surface area contributed by atoms with Crippen LogP contribution in [-0.2, 0) is 20.6 Å². The average Bonchev–Trinajstić information content (AvgIpc) is 2.78. The van der Waals surface area contributed by atoms with Crippen molar-refractivity contribution in [2.45, 2.75) is 18.6 Å². The summed E-state index contributed by atoms with van der Waals surface area (Å²) in [7, 11) is -3.44. The first kappa shape index (κ1) is 23.4. The monoisotopic (exact) mass is 495 g/mol. The Morgan fingerprint density at radius 1 is 0.875 bits per heavy atom. The van der Waals surface area contributed by atoms with Crippen LogP contribution in [0.3, 0.4) is 0 Å². The second kappa shape index (κ2) is 10.00. The summed E-state index contributed by atoms with van der Waals surface area (Å²) >= 11 is 12.1. The highest BCUT2D eigenvalue weighted by atomic mass is 35.5. The van der Waals surface area contributed by atoms with Crippen molar-refractivity contribution < 1.29 is 13.2 Å². The summed E-state index contributed by atoms with van der Waals surface area (Å²) in [4.78, 5) is 17.2. The van der Waals surface area contributed by atoms with Crippen molar-refractivity contribution in [1.82, 2.24) is 9.21 Å². The third-order valence-corrected chi connectivity index (χ3v) is 8.52. The van der Waals surface area contributed by atoms with Crippen LogP contribution in [0.2, 0.25) is 10.0 Å². The van der Waals surface area contributed by atoms with Gasteiger partial charge in [0.2, 0.25) is 15.9 Å². The summed E-state index contributed by atoms with van der Waals surface area (Å²) in [5.41, 5.74) is 1.75. The molecule has 0 aliphatic carbocycles. The lowest BCUT2D eigenvalue weighted by atomic mass is 9.96. The molecule has 2 saturated heterocycles. The molecule has 2 aromatic rings. The largest absolute Gasteiger partial charge is 0.368 e. The molecule has 0 saturated carbocycles. The number of piperazine rings is 1. The van der Waals surface area contributed by atoms with E-state index < -0.39 is 10.0 Å². The molecule has 2 fully saturated rings. The van der Waals surface area contributed by atoms with Crippen molar-refractivity contribution in [3.63, 3.8) is 0 Å². The van der Waals surface area contributed by atoms with Crippen LogP contribution in [-0.4, -0.2) is 62.8 Å². The van der Waals surface area contributed by atoms with E-state index in [4.69, 9.17) is 23.2 Å². The Hall–Kier alpha value is -1.80. The maximum absolute atomic E-state index is 13.0. The number of nitrogens with zero attached hydrogens (tertiary/aromatic N) is 3. The second-order valence-electron chi connectivity index (χ2n) is 8.35. The number of carbonyl (C=O) groups excluding carboxylic acids is 1. The molecule has 0 spiro atoms. The number of anilines is 1. The van der Waals surface area contributed by atoms with E-state index >= 15 is 0 Å². The van der Waals surface area contributed by atoms with E-state index in [1.54, 1.807) is 24.3 Å². The highest BCUT2D eigenvalue weighted by Crippen LogP contribution is 2.26. The lowest BCUT2D eigenvalue weighted by Crippen LogP contribution is -2.52. The van der Waals surface area contributed by atoms with Gasteiger partial charge < -0.3 is 9.80 Å². The van der Waals surface area contributed by atoms with Crippen LogP contribution < -0.4 is 4.90 Å². The molecule has 0 N–H and O–H groups in total. The molecule has 2 aliphatic heterocycles. The molecule has 2 aliphatic rings. The van der Waals surface area contributed by atoms with E-state index in [2.05, 4.69) is 4.90 Å². The molecule has 2 aromatic carbocycles. The number of sulfonamides is 1. The van der Waals surface area contributed by atoms with Crippen molar-refractivity contribution >= 4 is 44.8 Å². The molecule has 32 heavy (non-hydrogen) atoms. The first-order chi connectivity index (χ1) is 15.3. The SMILES string of the molecule is O=C(C1CCN(S(=O)(=O)Cc2cccc(Cl)c2)CC1)N1CCN(c2cccc(Cl)c2)CC1. The molecule has 4 rings (SSSR count). The van der Waals surface area contributed by atoms with Crippen LogP contribution >= 0.6 is 23.2 Å². The van der Waals surface area contributed by atoms with Crippen LogP contribution in [0.4, 0.5) is 5.69 Å². The fraction of sp³-hybridized carbons (Fsp3) is 0.435. The maximum atomic E-state index is 13.0. The number of hydrogen-bond acceptors (Lipinski definition) is 4. The lowest BCUT2D eigenvalue weighted by molar-refractivity contribution is -0.137. The highest BCUT2D eigenvalue weighted by molar-refractivity contribution is 7.88. The topological polar surface area (TPSA) is 60.9 Å². The Kier molecular flexibility index (Phi) is 7.30. The highest BCUT2D eigenvalue weighted by Gasteiger charge is 2.34. The van der Waals surface area contributed by atoms with E-state index in [-0.39, 0.29) is 17.6 Å². The summed E-state index contributed by atoms with van der Waals surface area (Å²) < 4.78 is 27.1. The number of halogens is 2. The van der Waals surface area contributed by atoms with Gasteiger partial charge in [-0.2, -0.15) is 0 Å². The minimum atomic E-state index is -3.44. The summed E-state index contributed by atoms with van der Waals surface area (Å²) in [5, 5.41) is 1.23. The van der Waals surface area contributed by atoms with Crippen molar-refractivity contribution in [1.29, 1.82) is 0 Å². The molecule has 2 heterocycles. The zero-order valence-electron chi connectivity index (χ0n) is 17.8. The number of hydrogen-bond donors (Lipinski definition) is 0. The summed E-state index contributed by atoms with van der Waals surface area (Å²) in [6.45, 7) is 3.61. The Labute approximate surface area is 199 Å². The third-order valence-electron chi connectivity index (χ3n) is 6.20. The minimum absolute atomic E-state index is 0.0718. The van der Waals surface area contributed by atoms with Gasteiger partial charge in [0.15, 0.2) is 0 Å². The van der Waals surface area contributed by atoms with Crippen molar-refractivity contribution in [2.75, 3.05) is 44.2 Å². The van der Waals surface area contributed by atoms with Gasteiger partial charge in [0.05, 0.1) is 5.75 Å². The number of rotatable bonds is 5. The van der Waals surface area contributed by atoms with Gasteiger partial charge in [-0.25, -0.2) is 12.7 Å². The normalized spacial score (nSPS) is 18.7. The van der Waals surface area contributed by atoms with Gasteiger partial charge >= 0.3 is 0 Å². The zero-order chi connectivity index (χ0) is 22.7. The van der Waals surface area contributed by atoms with Crippen LogP contribution in [0.25, 0.3) is 0 Å². The van der Waals surface area contributed by atoms with Crippen LogP contribution in [0.15, 0.2) is 48.5 Å². The Morgan fingerprint density at radius 3 is 2.12 bits per heavy atom. The molecule has 1 amide bonds. The minimum Gasteiger partial charge on any atom is -0.368 e. The zero-order valence-corrected chi connectivity index (χ0v) is 20.1. The van der Waals surface area contributed by atoms with Crippen molar-refractivity contribution in [3.8, 4) is 0 Å². The van der Waals surface area contributed by atoms with Crippen LogP contribution in [0.5, 0.6) is 0 Å². The van der Waals surface area contributed by atoms with Gasteiger partial charge in [0.25, 0.3) is 0 Å². The fourth-order valence-electron chi connectivity index (χ4n) is 4.43. The molecule has 0 unspecified atom stereocenters. The Morgan fingerprint density at radius 2 is 1.50 bits per heavy atom. The van der Waals surface area contributed by atoms with E-state index in [0.717, 1.165) is 18.8 Å². The average molecular weight is 496 g/mol. The predicted molar refractivity (Wildman–Crippen MR) is 129 cm³/mol. The summed E-state index contributed by atoms with van der Waals surface area (Å²) in [6, 6.07) is 14.7. The lowest BCUT2D eigenvalue weighted by Gasteiger charge is -2.39. The van der Waals surface area contributed by atoms with E-state index in [0.29, 0.717) is 54.6 Å². The van der Waals surface area contributed by atoms with Gasteiger partial charge in [0.1, 0.15) is 0 Å². The number of amides is 1. The summed E-state index contributed by atoms with van der Waals surface area (Å²) in [5.74, 6) is -0.0505. The molecule has 9 heteroatoms. The number of benzene rings is 2. The molecule has 0 atom stereocenters. The van der Waals surface area contributed by atoms with Crippen molar-refractivity contribution in [3.05, 3.63) is 64.1 Å². The Bertz CT molecular complexity index is 1060. The van der Waals surface area contributed by atoms with Gasteiger partial charge in [-0.05, 0) is 48.7 Å². The smallest absolute Gasteiger partial charge is 0.225 e. The summed E-state index contributed by atoms with van der Waals surface area (Å²) in [6.07, 6.45) is 1.12. The first-order valence-corrected chi connectivity index (χ1v) is 13.2. The second-order valence-corrected chi connectivity index (χ2v) is 11.2. The molecule has 0 bridgehead atoms. The predicted octanol–water partition coefficient (Wildman–Crippen LogP) is 3.88. The van der Waals surface area contributed by atoms with Gasteiger partial charge in [0, 0.05) is 60.9 Å². The molecular weight excluding hydrogens is 469 g/mol. The molecule has 0 aromatic heterocycles. The fourth-order valence-corrected chi connectivity index (χ4v) is 6.37. The number of piperidine rings is 1. The van der Waals surface area contributed by atoms with Gasteiger partial charge in [-0.3, -0.25) is 4.79 Å². The molecule has 6 nitrogen and oxygen atoms in total. The molecule has 0 radical (unpaired) electrons. The van der Waals surface area contributed by atoms with Gasteiger partial charge in [-0.15, -0.1) is 0 Å². The maximum Gasteiger partial charge on any atom is 0.225 e. The van der Waals surface area contributed by atoms with E-state index in [1.165, 1.54) is 4.31 Å². The van der Waals surface area contributed by atoms with Gasteiger partial charge in [-0.1, -0.05) is 41.4 Å². The van der Waals surface area contributed by atoms with Crippen LogP contribution in [0.1, 0.15) is 18.4 Å². The van der Waals surface area contributed by atoms with Crippen molar-refractivity contribution in [2.24, 2.45) is 5.92 Å². The van der Waals surface area contributed by atoms with Crippen LogP contribution in [0, 0.1) is 5.92 Å². The quantitative estimate of drug-likeness (QED) is 0.631. The number of carbonyl (C=O) groups is 1.